The van der Waals surface area contributed by atoms with E-state index in [2.05, 4.69) is 15.2 Å². The van der Waals surface area contributed by atoms with Crippen molar-refractivity contribution in [1.29, 1.82) is 0 Å². The second-order valence-corrected chi connectivity index (χ2v) is 3.46. The summed E-state index contributed by atoms with van der Waals surface area (Å²) >= 11 is 0. The van der Waals surface area contributed by atoms with Crippen LogP contribution in [-0.4, -0.2) is 56.2 Å². The molecule has 0 aromatic heterocycles. The quantitative estimate of drug-likeness (QED) is 0.614. The van der Waals surface area contributed by atoms with Gasteiger partial charge in [0.05, 0.1) is 7.11 Å². The summed E-state index contributed by atoms with van der Waals surface area (Å²) in [7, 11) is 5.50. The van der Waals surface area contributed by atoms with Gasteiger partial charge in [0, 0.05) is 19.1 Å². The van der Waals surface area contributed by atoms with Crippen LogP contribution in [0.15, 0.2) is 0 Å². The number of hydrogen-bond donors (Lipinski definition) is 1. The highest BCUT2D eigenvalue weighted by atomic mass is 16.6. The summed E-state index contributed by atoms with van der Waals surface area (Å²) in [6.07, 6.45) is 1.03. The Bertz CT molecular complexity index is 184. The van der Waals surface area contributed by atoms with Gasteiger partial charge in [-0.1, -0.05) is 0 Å². The zero-order valence-corrected chi connectivity index (χ0v) is 8.41. The van der Waals surface area contributed by atoms with Crippen molar-refractivity contribution < 1.29 is 9.63 Å². The molecule has 76 valence electrons. The highest BCUT2D eigenvalue weighted by molar-refractivity contribution is 5.73. The van der Waals surface area contributed by atoms with Crippen LogP contribution in [0.25, 0.3) is 0 Å². The molecule has 5 nitrogen and oxygen atoms in total. The molecular weight excluding hydrogens is 170 g/mol. The summed E-state index contributed by atoms with van der Waals surface area (Å²) in [6, 6.07) is 0.328. The number of likely N-dealkylation sites (N-methyl/N-ethyl adjacent to an activating group) is 1. The second kappa shape index (κ2) is 4.43. The number of amides is 2. The predicted molar refractivity (Wildman–Crippen MR) is 49.2 cm³/mol. The zero-order valence-electron chi connectivity index (χ0n) is 8.41. The third-order valence-corrected chi connectivity index (χ3v) is 2.37. The molecule has 0 aromatic carbocycles. The lowest BCUT2D eigenvalue weighted by atomic mass is 10.2. The van der Waals surface area contributed by atoms with Crippen LogP contribution in [0.3, 0.4) is 0 Å². The van der Waals surface area contributed by atoms with E-state index in [4.69, 9.17) is 0 Å². The molecule has 0 bridgehead atoms. The molecule has 1 saturated heterocycles. The fourth-order valence-corrected chi connectivity index (χ4v) is 1.50. The number of carbonyl (C=O) groups is 1. The first-order chi connectivity index (χ1) is 6.15. The maximum Gasteiger partial charge on any atom is 0.341 e. The molecule has 5 heteroatoms. The minimum absolute atomic E-state index is 0.146. The van der Waals surface area contributed by atoms with E-state index in [0.717, 1.165) is 19.5 Å². The zero-order chi connectivity index (χ0) is 9.84. The molecule has 1 fully saturated rings. The molecule has 1 aliphatic heterocycles. The lowest BCUT2D eigenvalue weighted by Gasteiger charge is -2.20. The van der Waals surface area contributed by atoms with Crippen molar-refractivity contribution in [2.45, 2.75) is 12.5 Å². The first-order valence-electron chi connectivity index (χ1n) is 4.39. The van der Waals surface area contributed by atoms with Crippen molar-refractivity contribution in [1.82, 2.24) is 15.3 Å². The molecule has 0 spiro atoms. The Morgan fingerprint density at radius 3 is 2.77 bits per heavy atom. The molecule has 0 radical (unpaired) electrons. The Hall–Kier alpha value is -0.810. The molecule has 0 aromatic rings. The van der Waals surface area contributed by atoms with Crippen LogP contribution in [0.5, 0.6) is 0 Å². The lowest BCUT2D eigenvalue weighted by molar-refractivity contribution is 0.0897. The molecule has 1 unspecified atom stereocenters. The van der Waals surface area contributed by atoms with Crippen LogP contribution in [0, 0.1) is 0 Å². The third kappa shape index (κ3) is 2.57. The van der Waals surface area contributed by atoms with Gasteiger partial charge in [-0.05, 0) is 20.5 Å². The summed E-state index contributed by atoms with van der Waals surface area (Å²) in [4.78, 5) is 19.7. The highest BCUT2D eigenvalue weighted by Crippen LogP contribution is 2.12. The second-order valence-electron chi connectivity index (χ2n) is 3.46. The summed E-state index contributed by atoms with van der Waals surface area (Å²) in [5.41, 5.74) is 2.32. The topological polar surface area (TPSA) is 44.8 Å². The van der Waals surface area contributed by atoms with Crippen LogP contribution in [-0.2, 0) is 4.84 Å². The molecule has 13 heavy (non-hydrogen) atoms. The Morgan fingerprint density at radius 1 is 1.62 bits per heavy atom. The van der Waals surface area contributed by atoms with Crippen LogP contribution in [0.2, 0.25) is 0 Å². The van der Waals surface area contributed by atoms with Crippen molar-refractivity contribution in [2.75, 3.05) is 34.3 Å². The highest BCUT2D eigenvalue weighted by Gasteiger charge is 2.27. The Kier molecular flexibility index (Phi) is 3.50. The predicted octanol–water partition coefficient (Wildman–Crippen LogP) is -0.107. The van der Waals surface area contributed by atoms with Crippen molar-refractivity contribution in [3.05, 3.63) is 0 Å². The summed E-state index contributed by atoms with van der Waals surface area (Å²) in [5.74, 6) is 0. The van der Waals surface area contributed by atoms with Crippen LogP contribution in [0.4, 0.5) is 4.79 Å². The summed E-state index contributed by atoms with van der Waals surface area (Å²) < 4.78 is 0. The molecule has 1 N–H and O–H groups in total. The number of hydrogen-bond acceptors (Lipinski definition) is 3. The van der Waals surface area contributed by atoms with E-state index in [1.54, 1.807) is 4.90 Å². The van der Waals surface area contributed by atoms with E-state index >= 15 is 0 Å². The molecular formula is C8H17N3O2. The van der Waals surface area contributed by atoms with Crippen molar-refractivity contribution in [3.63, 3.8) is 0 Å². The van der Waals surface area contributed by atoms with E-state index < -0.39 is 0 Å². The number of urea groups is 1. The van der Waals surface area contributed by atoms with Gasteiger partial charge >= 0.3 is 6.03 Å². The van der Waals surface area contributed by atoms with Gasteiger partial charge in [-0.2, -0.15) is 0 Å². The van der Waals surface area contributed by atoms with Crippen LogP contribution >= 0.6 is 0 Å². The van der Waals surface area contributed by atoms with Gasteiger partial charge in [-0.15, -0.1) is 0 Å². The standard InChI is InChI=1S/C8H17N3O2/c1-10(2)7-4-5-11(6-7)8(12)9-13-3/h7H,4-6H2,1-3H3,(H,9,12). The lowest BCUT2D eigenvalue weighted by Crippen LogP contribution is -2.40. The minimum Gasteiger partial charge on any atom is -0.321 e. The van der Waals surface area contributed by atoms with E-state index in [0.29, 0.717) is 6.04 Å². The number of rotatable bonds is 2. The average molecular weight is 187 g/mol. The Labute approximate surface area is 78.6 Å². The van der Waals surface area contributed by atoms with Gasteiger partial charge in [0.25, 0.3) is 0 Å². The number of hydroxylamine groups is 1. The molecule has 1 aliphatic rings. The first-order valence-corrected chi connectivity index (χ1v) is 4.39. The fraction of sp³-hybridized carbons (Fsp3) is 0.875. The minimum atomic E-state index is -0.146. The molecule has 2 amide bonds. The first kappa shape index (κ1) is 10.3. The van der Waals surface area contributed by atoms with E-state index in [9.17, 15) is 4.79 Å². The van der Waals surface area contributed by atoms with Gasteiger partial charge < -0.3 is 9.80 Å². The Morgan fingerprint density at radius 2 is 2.31 bits per heavy atom. The molecule has 1 rings (SSSR count). The van der Waals surface area contributed by atoms with Gasteiger partial charge in [-0.25, -0.2) is 10.3 Å². The third-order valence-electron chi connectivity index (χ3n) is 2.37. The van der Waals surface area contributed by atoms with E-state index in [1.807, 2.05) is 14.1 Å². The molecule has 0 aliphatic carbocycles. The molecule has 1 atom stereocenters. The number of nitrogens with zero attached hydrogens (tertiary/aromatic N) is 2. The average Bonchev–Trinajstić information content (AvgIpc) is 2.52. The van der Waals surface area contributed by atoms with Crippen LogP contribution in [0.1, 0.15) is 6.42 Å². The van der Waals surface area contributed by atoms with E-state index in [1.165, 1.54) is 7.11 Å². The van der Waals surface area contributed by atoms with Gasteiger partial charge in [0.2, 0.25) is 0 Å². The van der Waals surface area contributed by atoms with Crippen LogP contribution < -0.4 is 5.48 Å². The van der Waals surface area contributed by atoms with Gasteiger partial charge in [0.1, 0.15) is 0 Å². The fourth-order valence-electron chi connectivity index (χ4n) is 1.50. The van der Waals surface area contributed by atoms with Crippen molar-refractivity contribution in [3.8, 4) is 0 Å². The number of likely N-dealkylation sites (tertiary alicyclic amines) is 1. The molecule has 1 heterocycles. The monoisotopic (exact) mass is 187 g/mol. The summed E-state index contributed by atoms with van der Waals surface area (Å²) in [6.45, 7) is 1.58. The number of nitrogens with one attached hydrogen (secondary N) is 1. The Balaban J connectivity index is 2.36. The SMILES string of the molecule is CONC(=O)N1CCC(N(C)C)C1. The van der Waals surface area contributed by atoms with Crippen molar-refractivity contribution >= 4 is 6.03 Å². The van der Waals surface area contributed by atoms with E-state index in [-0.39, 0.29) is 6.03 Å². The van der Waals surface area contributed by atoms with Gasteiger partial charge in [-0.3, -0.25) is 4.84 Å². The normalized spacial score (nSPS) is 22.5. The molecule has 0 saturated carbocycles. The summed E-state index contributed by atoms with van der Waals surface area (Å²) in [5, 5.41) is 0. The maximum absolute atomic E-state index is 11.3. The largest absolute Gasteiger partial charge is 0.341 e. The smallest absolute Gasteiger partial charge is 0.321 e. The van der Waals surface area contributed by atoms with Gasteiger partial charge in [0.15, 0.2) is 0 Å². The number of carbonyl (C=O) groups excluding carboxylic acids is 1. The van der Waals surface area contributed by atoms with Crippen molar-refractivity contribution in [2.24, 2.45) is 0 Å². The maximum atomic E-state index is 11.3.